The van der Waals surface area contributed by atoms with E-state index in [-0.39, 0.29) is 17.8 Å². The van der Waals surface area contributed by atoms with Crippen molar-refractivity contribution in [3.05, 3.63) is 65.0 Å². The van der Waals surface area contributed by atoms with Crippen LogP contribution in [0.1, 0.15) is 37.1 Å². The molecule has 2 unspecified atom stereocenters. The average molecular weight is 295 g/mol. The number of benzene rings is 2. The van der Waals surface area contributed by atoms with Gasteiger partial charge in [0.25, 0.3) is 0 Å². The summed E-state index contributed by atoms with van der Waals surface area (Å²) in [5, 5.41) is 12.9. The standard InChI is InChI=1S/C16H16F3NO/c1-9(11-3-5-14(18)15(19)7-11)20-10(2)13-8-12(17)4-6-16(13)21/h3-10,20-21H,1-2H3. The SMILES string of the molecule is CC(NC(C)c1cc(F)ccc1O)c1ccc(F)c(F)c1. The van der Waals surface area contributed by atoms with Crippen LogP contribution in [0, 0.1) is 17.5 Å². The van der Waals surface area contributed by atoms with Gasteiger partial charge in [-0.2, -0.15) is 0 Å². The molecule has 2 aromatic carbocycles. The molecule has 0 amide bonds. The highest BCUT2D eigenvalue weighted by molar-refractivity contribution is 5.35. The fraction of sp³-hybridized carbons (Fsp3) is 0.250. The molecule has 0 aliphatic heterocycles. The van der Waals surface area contributed by atoms with Crippen molar-refractivity contribution in [3.63, 3.8) is 0 Å². The molecule has 0 saturated heterocycles. The Morgan fingerprint density at radius 1 is 0.905 bits per heavy atom. The Hall–Kier alpha value is -2.01. The zero-order valence-corrected chi connectivity index (χ0v) is 11.7. The molecule has 0 aliphatic carbocycles. The minimum atomic E-state index is -0.914. The van der Waals surface area contributed by atoms with Crippen LogP contribution < -0.4 is 5.32 Å². The zero-order valence-electron chi connectivity index (χ0n) is 11.7. The number of aromatic hydroxyl groups is 1. The molecule has 0 radical (unpaired) electrons. The largest absolute Gasteiger partial charge is 0.508 e. The Kier molecular flexibility index (Phi) is 4.53. The highest BCUT2D eigenvalue weighted by Crippen LogP contribution is 2.27. The molecule has 5 heteroatoms. The summed E-state index contributed by atoms with van der Waals surface area (Å²) < 4.78 is 39.4. The second kappa shape index (κ2) is 6.18. The van der Waals surface area contributed by atoms with Crippen molar-refractivity contribution >= 4 is 0 Å². The fourth-order valence-corrected chi connectivity index (χ4v) is 2.21. The number of hydrogen-bond donors (Lipinski definition) is 2. The molecule has 0 aliphatic rings. The lowest BCUT2D eigenvalue weighted by Crippen LogP contribution is -2.22. The van der Waals surface area contributed by atoms with Crippen LogP contribution in [0.4, 0.5) is 13.2 Å². The quantitative estimate of drug-likeness (QED) is 0.885. The molecule has 0 bridgehead atoms. The van der Waals surface area contributed by atoms with Gasteiger partial charge in [-0.3, -0.25) is 0 Å². The van der Waals surface area contributed by atoms with E-state index in [2.05, 4.69) is 5.32 Å². The van der Waals surface area contributed by atoms with Gasteiger partial charge >= 0.3 is 0 Å². The van der Waals surface area contributed by atoms with Crippen molar-refractivity contribution in [1.29, 1.82) is 0 Å². The third-order valence-corrected chi connectivity index (χ3v) is 3.40. The first-order valence-electron chi connectivity index (χ1n) is 6.58. The predicted molar refractivity (Wildman–Crippen MR) is 74.4 cm³/mol. The van der Waals surface area contributed by atoms with Gasteiger partial charge in [-0.25, -0.2) is 13.2 Å². The van der Waals surface area contributed by atoms with Crippen molar-refractivity contribution in [2.45, 2.75) is 25.9 Å². The van der Waals surface area contributed by atoms with Crippen LogP contribution in [0.2, 0.25) is 0 Å². The van der Waals surface area contributed by atoms with Gasteiger partial charge in [0, 0.05) is 17.6 Å². The van der Waals surface area contributed by atoms with Crippen LogP contribution in [0.25, 0.3) is 0 Å². The summed E-state index contributed by atoms with van der Waals surface area (Å²) in [6.45, 7) is 3.53. The van der Waals surface area contributed by atoms with Crippen LogP contribution >= 0.6 is 0 Å². The molecule has 112 valence electrons. The number of phenolic OH excluding ortho intramolecular Hbond substituents is 1. The van der Waals surface area contributed by atoms with E-state index in [0.29, 0.717) is 11.1 Å². The molecule has 2 nitrogen and oxygen atoms in total. The molecule has 0 heterocycles. The molecule has 21 heavy (non-hydrogen) atoms. The van der Waals surface area contributed by atoms with Crippen molar-refractivity contribution < 1.29 is 18.3 Å². The molecule has 0 saturated carbocycles. The summed E-state index contributed by atoms with van der Waals surface area (Å²) in [5.74, 6) is -2.28. The van der Waals surface area contributed by atoms with Crippen molar-refractivity contribution in [3.8, 4) is 5.75 Å². The topological polar surface area (TPSA) is 32.3 Å². The van der Waals surface area contributed by atoms with E-state index in [4.69, 9.17) is 0 Å². The first-order chi connectivity index (χ1) is 9.88. The third kappa shape index (κ3) is 3.55. The number of phenols is 1. The predicted octanol–water partition coefficient (Wildman–Crippen LogP) is 4.22. The number of nitrogens with one attached hydrogen (secondary N) is 1. The summed E-state index contributed by atoms with van der Waals surface area (Å²) in [7, 11) is 0. The van der Waals surface area contributed by atoms with Gasteiger partial charge in [-0.1, -0.05) is 6.07 Å². The summed E-state index contributed by atoms with van der Waals surface area (Å²) in [4.78, 5) is 0. The smallest absolute Gasteiger partial charge is 0.159 e. The van der Waals surface area contributed by atoms with Crippen molar-refractivity contribution in [2.75, 3.05) is 0 Å². The maximum atomic E-state index is 13.2. The summed E-state index contributed by atoms with van der Waals surface area (Å²) in [5.41, 5.74) is 0.973. The molecule has 0 fully saturated rings. The Morgan fingerprint density at radius 3 is 2.29 bits per heavy atom. The van der Waals surface area contributed by atoms with Gasteiger partial charge in [0.05, 0.1) is 0 Å². The lowest BCUT2D eigenvalue weighted by atomic mass is 10.0. The Balaban J connectivity index is 2.16. The zero-order chi connectivity index (χ0) is 15.6. The lowest BCUT2D eigenvalue weighted by Gasteiger charge is -2.21. The highest BCUT2D eigenvalue weighted by Gasteiger charge is 2.16. The first kappa shape index (κ1) is 15.4. The van der Waals surface area contributed by atoms with E-state index in [0.717, 1.165) is 12.1 Å². The summed E-state index contributed by atoms with van der Waals surface area (Å²) >= 11 is 0. The van der Waals surface area contributed by atoms with Crippen LogP contribution in [-0.4, -0.2) is 5.11 Å². The molecule has 2 atom stereocenters. The number of halogens is 3. The minimum absolute atomic E-state index is 0.0195. The van der Waals surface area contributed by atoms with E-state index in [1.807, 2.05) is 0 Å². The van der Waals surface area contributed by atoms with Crippen molar-refractivity contribution in [2.24, 2.45) is 0 Å². The number of rotatable bonds is 4. The van der Waals surface area contributed by atoms with E-state index >= 15 is 0 Å². The van der Waals surface area contributed by atoms with Crippen LogP contribution in [0.3, 0.4) is 0 Å². The molecule has 0 spiro atoms. The first-order valence-corrected chi connectivity index (χ1v) is 6.58. The van der Waals surface area contributed by atoms with Gasteiger partial charge in [0.1, 0.15) is 11.6 Å². The van der Waals surface area contributed by atoms with E-state index in [1.165, 1.54) is 24.3 Å². The monoisotopic (exact) mass is 295 g/mol. The van der Waals surface area contributed by atoms with Gasteiger partial charge in [-0.05, 0) is 49.7 Å². The van der Waals surface area contributed by atoms with E-state index in [1.54, 1.807) is 13.8 Å². The average Bonchev–Trinajstić information content (AvgIpc) is 2.44. The maximum absolute atomic E-state index is 13.2. The molecule has 0 aromatic heterocycles. The van der Waals surface area contributed by atoms with Gasteiger partial charge in [0.2, 0.25) is 0 Å². The van der Waals surface area contributed by atoms with Gasteiger partial charge in [0.15, 0.2) is 11.6 Å². The molecule has 2 aromatic rings. The maximum Gasteiger partial charge on any atom is 0.159 e. The Labute approximate surface area is 121 Å². The van der Waals surface area contributed by atoms with E-state index < -0.39 is 17.5 Å². The highest BCUT2D eigenvalue weighted by atomic mass is 19.2. The van der Waals surface area contributed by atoms with Crippen LogP contribution in [0.15, 0.2) is 36.4 Å². The molecular formula is C16H16F3NO. The normalized spacial score (nSPS) is 14.0. The summed E-state index contributed by atoms with van der Waals surface area (Å²) in [6, 6.07) is 6.70. The van der Waals surface area contributed by atoms with Crippen LogP contribution in [-0.2, 0) is 0 Å². The minimum Gasteiger partial charge on any atom is -0.508 e. The number of hydrogen-bond acceptors (Lipinski definition) is 2. The van der Waals surface area contributed by atoms with Gasteiger partial charge in [-0.15, -0.1) is 0 Å². The Morgan fingerprint density at radius 2 is 1.62 bits per heavy atom. The van der Waals surface area contributed by atoms with Crippen LogP contribution in [0.5, 0.6) is 5.75 Å². The summed E-state index contributed by atoms with van der Waals surface area (Å²) in [6.07, 6.45) is 0. The fourth-order valence-electron chi connectivity index (χ4n) is 2.21. The van der Waals surface area contributed by atoms with Gasteiger partial charge < -0.3 is 10.4 Å². The van der Waals surface area contributed by atoms with E-state index in [9.17, 15) is 18.3 Å². The second-order valence-corrected chi connectivity index (χ2v) is 4.99. The van der Waals surface area contributed by atoms with Crippen molar-refractivity contribution in [1.82, 2.24) is 5.32 Å². The lowest BCUT2D eigenvalue weighted by molar-refractivity contribution is 0.433. The molecule has 2 rings (SSSR count). The Bertz CT molecular complexity index is 645. The third-order valence-electron chi connectivity index (χ3n) is 3.40. The molecule has 2 N–H and O–H groups in total. The second-order valence-electron chi connectivity index (χ2n) is 4.99. The molecular weight excluding hydrogens is 279 g/mol.